The van der Waals surface area contributed by atoms with Crippen LogP contribution in [0.4, 0.5) is 15.9 Å². The van der Waals surface area contributed by atoms with Crippen molar-refractivity contribution in [1.29, 1.82) is 0 Å². The Kier molecular flexibility index (Phi) is 5.36. The Labute approximate surface area is 163 Å². The molecule has 0 bridgehead atoms. The maximum absolute atomic E-state index is 13.4. The molecule has 7 heteroatoms. The number of nitrogens with one attached hydrogen (secondary N) is 1. The summed E-state index contributed by atoms with van der Waals surface area (Å²) in [6.45, 7) is 1.52. The Hall–Kier alpha value is -2.68. The number of anilines is 2. The summed E-state index contributed by atoms with van der Waals surface area (Å²) in [5, 5.41) is 2.72. The van der Waals surface area contributed by atoms with Gasteiger partial charge in [0.05, 0.1) is 9.13 Å². The van der Waals surface area contributed by atoms with Crippen LogP contribution in [0.15, 0.2) is 54.6 Å². The number of carbonyl (C=O) groups excluding carboxylic acids is 1. The van der Waals surface area contributed by atoms with Crippen molar-refractivity contribution in [2.75, 3.05) is 11.1 Å². The smallest absolute Gasteiger partial charge is 0.259 e. The lowest BCUT2D eigenvalue weighted by Gasteiger charge is -2.11. The second kappa shape index (κ2) is 7.69. The van der Waals surface area contributed by atoms with Crippen LogP contribution in [0.25, 0.3) is 0 Å². The molecule has 0 radical (unpaired) electrons. The van der Waals surface area contributed by atoms with E-state index >= 15 is 0 Å². The summed E-state index contributed by atoms with van der Waals surface area (Å²) in [5.41, 5.74) is 6.55. The highest BCUT2D eigenvalue weighted by Gasteiger charge is 2.14. The van der Waals surface area contributed by atoms with Gasteiger partial charge in [-0.25, -0.2) is 4.98 Å². The van der Waals surface area contributed by atoms with Crippen molar-refractivity contribution in [1.82, 2.24) is 4.98 Å². The number of hydrogen-bond donors (Lipinski definition) is 2. The van der Waals surface area contributed by atoms with Crippen LogP contribution in [0.5, 0.6) is 11.5 Å². The predicted molar refractivity (Wildman–Crippen MR) is 107 cm³/mol. The van der Waals surface area contributed by atoms with Gasteiger partial charge >= 0.3 is 0 Å². The molecule has 0 atom stereocenters. The van der Waals surface area contributed by atoms with E-state index in [9.17, 15) is 9.18 Å². The van der Waals surface area contributed by atoms with Crippen molar-refractivity contribution in [2.24, 2.45) is 0 Å². The molecule has 0 fully saturated rings. The first-order valence-electron chi connectivity index (χ1n) is 7.70. The van der Waals surface area contributed by atoms with E-state index in [0.29, 0.717) is 11.4 Å². The molecule has 1 aromatic heterocycles. The molecule has 2 aromatic carbocycles. The highest BCUT2D eigenvalue weighted by atomic mass is 127. The summed E-state index contributed by atoms with van der Waals surface area (Å²) >= 11 is 2.19. The average molecular weight is 463 g/mol. The molecule has 1 heterocycles. The summed E-state index contributed by atoms with van der Waals surface area (Å²) in [6.07, 6.45) is 0. The third kappa shape index (κ3) is 4.10. The summed E-state index contributed by atoms with van der Waals surface area (Å²) in [6, 6.07) is 16.0. The number of amides is 1. The van der Waals surface area contributed by atoms with Gasteiger partial charge in [-0.15, -0.1) is 0 Å². The maximum Gasteiger partial charge on any atom is 0.259 e. The average Bonchev–Trinajstić information content (AvgIpc) is 2.60. The highest BCUT2D eigenvalue weighted by molar-refractivity contribution is 14.1. The van der Waals surface area contributed by atoms with Crippen LogP contribution in [-0.2, 0) is 0 Å². The topological polar surface area (TPSA) is 77.2 Å². The quantitative estimate of drug-likeness (QED) is 0.432. The molecule has 3 rings (SSSR count). The van der Waals surface area contributed by atoms with E-state index in [1.54, 1.807) is 24.3 Å². The number of nitrogens with two attached hydrogens (primary N) is 1. The van der Waals surface area contributed by atoms with Crippen LogP contribution in [0.3, 0.4) is 0 Å². The molecule has 0 aliphatic carbocycles. The SMILES string of the molecule is Cc1cc(C(=O)Nc2cccc(Oc3ccccc3I)c2)c(N)nc1F. The van der Waals surface area contributed by atoms with Gasteiger partial charge in [0, 0.05) is 17.3 Å². The van der Waals surface area contributed by atoms with E-state index in [0.717, 1.165) is 9.32 Å². The zero-order chi connectivity index (χ0) is 18.7. The fraction of sp³-hybridized carbons (Fsp3) is 0.0526. The zero-order valence-corrected chi connectivity index (χ0v) is 16.0. The Morgan fingerprint density at radius 2 is 1.96 bits per heavy atom. The van der Waals surface area contributed by atoms with E-state index in [-0.39, 0.29) is 16.9 Å². The molecule has 132 valence electrons. The minimum Gasteiger partial charge on any atom is -0.456 e. The van der Waals surface area contributed by atoms with Crippen LogP contribution in [0.2, 0.25) is 0 Å². The molecule has 5 nitrogen and oxygen atoms in total. The second-order valence-electron chi connectivity index (χ2n) is 5.54. The van der Waals surface area contributed by atoms with E-state index in [2.05, 4.69) is 32.9 Å². The third-order valence-electron chi connectivity index (χ3n) is 3.58. The largest absolute Gasteiger partial charge is 0.456 e. The molecule has 0 spiro atoms. The van der Waals surface area contributed by atoms with Gasteiger partial charge < -0.3 is 15.8 Å². The molecule has 1 amide bonds. The first kappa shape index (κ1) is 18.1. The van der Waals surface area contributed by atoms with Gasteiger partial charge in [-0.05, 0) is 59.8 Å². The van der Waals surface area contributed by atoms with E-state index in [4.69, 9.17) is 10.5 Å². The van der Waals surface area contributed by atoms with E-state index in [1.165, 1.54) is 13.0 Å². The van der Waals surface area contributed by atoms with E-state index in [1.807, 2.05) is 24.3 Å². The maximum atomic E-state index is 13.4. The van der Waals surface area contributed by atoms with Gasteiger partial charge in [-0.1, -0.05) is 18.2 Å². The summed E-state index contributed by atoms with van der Waals surface area (Å²) in [5.74, 6) is -0.0132. The van der Waals surface area contributed by atoms with Gasteiger partial charge in [0.25, 0.3) is 5.91 Å². The summed E-state index contributed by atoms with van der Waals surface area (Å²) in [4.78, 5) is 16.0. The fourth-order valence-electron chi connectivity index (χ4n) is 2.28. The number of ether oxygens (including phenoxy) is 1. The van der Waals surface area contributed by atoms with Crippen LogP contribution in [0, 0.1) is 16.4 Å². The number of rotatable bonds is 4. The minimum absolute atomic E-state index is 0.118. The van der Waals surface area contributed by atoms with Gasteiger partial charge in [0.1, 0.15) is 17.3 Å². The Balaban J connectivity index is 1.80. The first-order valence-corrected chi connectivity index (χ1v) is 8.78. The lowest BCUT2D eigenvalue weighted by atomic mass is 10.1. The van der Waals surface area contributed by atoms with Crippen molar-refractivity contribution in [3.63, 3.8) is 0 Å². The molecule has 3 N–H and O–H groups in total. The van der Waals surface area contributed by atoms with Crippen LogP contribution < -0.4 is 15.8 Å². The number of halogens is 2. The molecule has 3 aromatic rings. The van der Waals surface area contributed by atoms with Crippen molar-refractivity contribution in [3.05, 3.63) is 75.2 Å². The molecule has 0 aliphatic rings. The van der Waals surface area contributed by atoms with Crippen molar-refractivity contribution < 1.29 is 13.9 Å². The number of nitrogens with zero attached hydrogens (tertiary/aromatic N) is 1. The van der Waals surface area contributed by atoms with Gasteiger partial charge in [-0.2, -0.15) is 4.39 Å². The normalized spacial score (nSPS) is 10.4. The van der Waals surface area contributed by atoms with Crippen LogP contribution in [0.1, 0.15) is 15.9 Å². The van der Waals surface area contributed by atoms with Crippen LogP contribution >= 0.6 is 22.6 Å². The number of para-hydroxylation sites is 1. The predicted octanol–water partition coefficient (Wildman–Crippen LogP) is 4.76. The lowest BCUT2D eigenvalue weighted by molar-refractivity contribution is 0.102. The van der Waals surface area contributed by atoms with Crippen LogP contribution in [-0.4, -0.2) is 10.9 Å². The number of pyridine rings is 1. The zero-order valence-electron chi connectivity index (χ0n) is 13.8. The van der Waals surface area contributed by atoms with Crippen molar-refractivity contribution in [3.8, 4) is 11.5 Å². The Morgan fingerprint density at radius 1 is 1.19 bits per heavy atom. The number of carbonyl (C=O) groups is 1. The monoisotopic (exact) mass is 463 g/mol. The number of benzene rings is 2. The first-order chi connectivity index (χ1) is 12.4. The van der Waals surface area contributed by atoms with Gasteiger partial charge in [0.2, 0.25) is 5.95 Å². The number of aryl methyl sites for hydroxylation is 1. The fourth-order valence-corrected chi connectivity index (χ4v) is 2.77. The second-order valence-corrected chi connectivity index (χ2v) is 6.71. The molecular formula is C19H15FIN3O2. The van der Waals surface area contributed by atoms with Crippen molar-refractivity contribution >= 4 is 40.0 Å². The van der Waals surface area contributed by atoms with Crippen molar-refractivity contribution in [2.45, 2.75) is 6.92 Å². The Morgan fingerprint density at radius 3 is 2.73 bits per heavy atom. The molecule has 0 unspecified atom stereocenters. The number of aromatic nitrogens is 1. The summed E-state index contributed by atoms with van der Waals surface area (Å²) in [7, 11) is 0. The Bertz CT molecular complexity index is 979. The minimum atomic E-state index is -0.688. The number of hydrogen-bond acceptors (Lipinski definition) is 4. The molecule has 0 saturated carbocycles. The summed E-state index contributed by atoms with van der Waals surface area (Å²) < 4.78 is 20.2. The van der Waals surface area contributed by atoms with E-state index < -0.39 is 11.9 Å². The number of nitrogen functional groups attached to an aromatic ring is 1. The third-order valence-corrected chi connectivity index (χ3v) is 4.47. The lowest BCUT2D eigenvalue weighted by Crippen LogP contribution is -2.16. The van der Waals surface area contributed by atoms with Gasteiger partial charge in [0.15, 0.2) is 0 Å². The molecule has 26 heavy (non-hydrogen) atoms. The van der Waals surface area contributed by atoms with Gasteiger partial charge in [-0.3, -0.25) is 4.79 Å². The molecule has 0 saturated heterocycles. The standard InChI is InChI=1S/C19H15FIN3O2/c1-11-9-14(18(22)24-17(11)20)19(25)23-12-5-4-6-13(10-12)26-16-8-3-2-7-15(16)21/h2-10H,1H3,(H2,22,24)(H,23,25). The molecule has 0 aliphatic heterocycles. The highest BCUT2D eigenvalue weighted by Crippen LogP contribution is 2.28. The molecular weight excluding hydrogens is 448 g/mol.